The van der Waals surface area contributed by atoms with Gasteiger partial charge >= 0.3 is 0 Å². The molecule has 5 nitrogen and oxygen atoms in total. The summed E-state index contributed by atoms with van der Waals surface area (Å²) in [6.07, 6.45) is 0. The van der Waals surface area contributed by atoms with Gasteiger partial charge in [-0.3, -0.25) is 4.79 Å². The van der Waals surface area contributed by atoms with Crippen LogP contribution >= 0.6 is 0 Å². The number of Topliss-reactive ketones (excluding diaryl/α,β-unsaturated/α-hetero) is 1. The van der Waals surface area contributed by atoms with Gasteiger partial charge in [0.2, 0.25) is 11.8 Å². The number of aryl methyl sites for hydroxylation is 1. The molecule has 0 aliphatic heterocycles. The zero-order chi connectivity index (χ0) is 16.2. The highest BCUT2D eigenvalue weighted by Crippen LogP contribution is 2.19. The zero-order valence-electron chi connectivity index (χ0n) is 13.0. The van der Waals surface area contributed by atoms with E-state index in [1.807, 2.05) is 43.3 Å². The quantitative estimate of drug-likeness (QED) is 0.725. The van der Waals surface area contributed by atoms with Gasteiger partial charge in [0.15, 0.2) is 5.78 Å². The van der Waals surface area contributed by atoms with Crippen LogP contribution in [0.1, 0.15) is 28.7 Å². The van der Waals surface area contributed by atoms with E-state index >= 15 is 0 Å². The van der Waals surface area contributed by atoms with E-state index in [4.69, 9.17) is 4.42 Å². The van der Waals surface area contributed by atoms with Crippen LogP contribution in [-0.4, -0.2) is 16.0 Å². The van der Waals surface area contributed by atoms with Crippen molar-refractivity contribution in [3.63, 3.8) is 0 Å². The molecule has 0 unspecified atom stereocenters. The van der Waals surface area contributed by atoms with Gasteiger partial charge in [-0.25, -0.2) is 0 Å². The summed E-state index contributed by atoms with van der Waals surface area (Å²) in [6, 6.07) is 15.2. The Morgan fingerprint density at radius 1 is 1.13 bits per heavy atom. The van der Waals surface area contributed by atoms with Crippen LogP contribution in [0.15, 0.2) is 52.9 Å². The lowest BCUT2D eigenvalue weighted by Crippen LogP contribution is -2.01. The van der Waals surface area contributed by atoms with Crippen LogP contribution in [-0.2, 0) is 6.54 Å². The number of benzene rings is 2. The standard InChI is InChI=1S/C18H17N3O2/c1-12-5-3-7-15(9-12)18-21-20-17(23-18)11-19-16-8-4-6-14(10-16)13(2)22/h3-10,19H,11H2,1-2H3. The summed E-state index contributed by atoms with van der Waals surface area (Å²) >= 11 is 0. The number of nitrogens with one attached hydrogen (secondary N) is 1. The maximum Gasteiger partial charge on any atom is 0.247 e. The molecule has 23 heavy (non-hydrogen) atoms. The monoisotopic (exact) mass is 307 g/mol. The fraction of sp³-hybridized carbons (Fsp3) is 0.167. The molecule has 0 spiro atoms. The first-order chi connectivity index (χ1) is 11.1. The molecule has 0 radical (unpaired) electrons. The highest BCUT2D eigenvalue weighted by Gasteiger charge is 2.08. The normalized spacial score (nSPS) is 10.5. The number of rotatable bonds is 5. The summed E-state index contributed by atoms with van der Waals surface area (Å²) in [4.78, 5) is 11.4. The van der Waals surface area contributed by atoms with Gasteiger partial charge in [0.25, 0.3) is 0 Å². The number of ketones is 1. The molecule has 3 rings (SSSR count). The van der Waals surface area contributed by atoms with Gasteiger partial charge < -0.3 is 9.73 Å². The third-order valence-electron chi connectivity index (χ3n) is 3.44. The minimum Gasteiger partial charge on any atom is -0.419 e. The molecule has 0 saturated heterocycles. The Labute approximate surface area is 134 Å². The minimum absolute atomic E-state index is 0.0353. The molecule has 0 saturated carbocycles. The lowest BCUT2D eigenvalue weighted by molar-refractivity contribution is 0.101. The first kappa shape index (κ1) is 15.0. The van der Waals surface area contributed by atoms with E-state index in [9.17, 15) is 4.79 Å². The van der Waals surface area contributed by atoms with Crippen LogP contribution in [0.5, 0.6) is 0 Å². The molecular formula is C18H17N3O2. The fourth-order valence-electron chi connectivity index (χ4n) is 2.25. The summed E-state index contributed by atoms with van der Waals surface area (Å²) in [5.41, 5.74) is 3.55. The van der Waals surface area contributed by atoms with Gasteiger partial charge in [-0.2, -0.15) is 0 Å². The van der Waals surface area contributed by atoms with Crippen LogP contribution in [0.4, 0.5) is 5.69 Å². The summed E-state index contributed by atoms with van der Waals surface area (Å²) in [7, 11) is 0. The molecule has 3 aromatic rings. The Morgan fingerprint density at radius 3 is 2.74 bits per heavy atom. The minimum atomic E-state index is 0.0353. The van der Waals surface area contributed by atoms with Gasteiger partial charge in [0.05, 0.1) is 6.54 Å². The van der Waals surface area contributed by atoms with Gasteiger partial charge in [0.1, 0.15) is 0 Å². The van der Waals surface area contributed by atoms with Crippen molar-refractivity contribution in [1.82, 2.24) is 10.2 Å². The molecule has 0 aliphatic rings. The highest BCUT2D eigenvalue weighted by atomic mass is 16.4. The van der Waals surface area contributed by atoms with Gasteiger partial charge in [-0.05, 0) is 38.1 Å². The predicted molar refractivity (Wildman–Crippen MR) is 88.2 cm³/mol. The molecule has 0 amide bonds. The zero-order valence-corrected chi connectivity index (χ0v) is 13.0. The van der Waals surface area contributed by atoms with Gasteiger partial charge in [0, 0.05) is 16.8 Å². The molecular weight excluding hydrogens is 290 g/mol. The van der Waals surface area contributed by atoms with Crippen molar-refractivity contribution in [2.45, 2.75) is 20.4 Å². The largest absolute Gasteiger partial charge is 0.419 e. The van der Waals surface area contributed by atoms with Crippen LogP contribution in [0.25, 0.3) is 11.5 Å². The van der Waals surface area contributed by atoms with Crippen molar-refractivity contribution in [2.24, 2.45) is 0 Å². The van der Waals surface area contributed by atoms with E-state index < -0.39 is 0 Å². The summed E-state index contributed by atoms with van der Waals surface area (Å²) < 4.78 is 5.67. The molecule has 0 bridgehead atoms. The molecule has 1 aromatic heterocycles. The van der Waals surface area contributed by atoms with E-state index in [-0.39, 0.29) is 5.78 Å². The van der Waals surface area contributed by atoms with E-state index in [2.05, 4.69) is 15.5 Å². The van der Waals surface area contributed by atoms with Crippen LogP contribution in [0.2, 0.25) is 0 Å². The number of nitrogens with zero attached hydrogens (tertiary/aromatic N) is 2. The maximum absolute atomic E-state index is 11.4. The fourth-order valence-corrected chi connectivity index (χ4v) is 2.25. The second kappa shape index (κ2) is 6.44. The first-order valence-electron chi connectivity index (χ1n) is 7.36. The second-order valence-corrected chi connectivity index (χ2v) is 5.36. The summed E-state index contributed by atoms with van der Waals surface area (Å²) in [6.45, 7) is 3.97. The Kier molecular flexibility index (Phi) is 4.19. The van der Waals surface area contributed by atoms with Crippen molar-refractivity contribution >= 4 is 11.5 Å². The summed E-state index contributed by atoms with van der Waals surface area (Å²) in [5, 5.41) is 11.3. The summed E-state index contributed by atoms with van der Waals surface area (Å²) in [5.74, 6) is 1.03. The average Bonchev–Trinajstić information content (AvgIpc) is 3.02. The number of hydrogen-bond acceptors (Lipinski definition) is 5. The average molecular weight is 307 g/mol. The van der Waals surface area contributed by atoms with Crippen LogP contribution < -0.4 is 5.32 Å². The number of hydrogen-bond donors (Lipinski definition) is 1. The molecule has 5 heteroatoms. The third-order valence-corrected chi connectivity index (χ3v) is 3.44. The van der Waals surface area contributed by atoms with Crippen molar-refractivity contribution < 1.29 is 9.21 Å². The molecule has 1 heterocycles. The lowest BCUT2D eigenvalue weighted by Gasteiger charge is -2.04. The number of carbonyl (C=O) groups excluding carboxylic acids is 1. The Morgan fingerprint density at radius 2 is 1.96 bits per heavy atom. The Balaban J connectivity index is 1.70. The van der Waals surface area contributed by atoms with Crippen molar-refractivity contribution in [3.8, 4) is 11.5 Å². The molecule has 1 N–H and O–H groups in total. The van der Waals surface area contributed by atoms with E-state index in [1.54, 1.807) is 19.1 Å². The molecule has 2 aromatic carbocycles. The maximum atomic E-state index is 11.4. The predicted octanol–water partition coefficient (Wildman–Crippen LogP) is 3.86. The number of carbonyl (C=O) groups is 1. The highest BCUT2D eigenvalue weighted by molar-refractivity contribution is 5.94. The number of aromatic nitrogens is 2. The van der Waals surface area contributed by atoms with Crippen molar-refractivity contribution in [2.75, 3.05) is 5.32 Å². The second-order valence-electron chi connectivity index (χ2n) is 5.36. The first-order valence-corrected chi connectivity index (χ1v) is 7.36. The van der Waals surface area contributed by atoms with Crippen molar-refractivity contribution in [3.05, 3.63) is 65.5 Å². The van der Waals surface area contributed by atoms with E-state index in [1.165, 1.54) is 0 Å². The molecule has 116 valence electrons. The van der Waals surface area contributed by atoms with Crippen molar-refractivity contribution in [1.29, 1.82) is 0 Å². The van der Waals surface area contributed by atoms with E-state index in [0.29, 0.717) is 23.9 Å². The number of anilines is 1. The Bertz CT molecular complexity index is 840. The third kappa shape index (κ3) is 3.63. The SMILES string of the molecule is CC(=O)c1cccc(NCc2nnc(-c3cccc(C)c3)o2)c1. The molecule has 0 fully saturated rings. The molecule has 0 atom stereocenters. The lowest BCUT2D eigenvalue weighted by atomic mass is 10.1. The Hall–Kier alpha value is -2.95. The smallest absolute Gasteiger partial charge is 0.247 e. The van der Waals surface area contributed by atoms with E-state index in [0.717, 1.165) is 16.8 Å². The van der Waals surface area contributed by atoms with Crippen LogP contribution in [0, 0.1) is 6.92 Å². The topological polar surface area (TPSA) is 68.0 Å². The molecule has 0 aliphatic carbocycles. The van der Waals surface area contributed by atoms with Gasteiger partial charge in [-0.15, -0.1) is 10.2 Å². The van der Waals surface area contributed by atoms with Gasteiger partial charge in [-0.1, -0.05) is 29.8 Å². The van der Waals surface area contributed by atoms with Crippen LogP contribution in [0.3, 0.4) is 0 Å².